The van der Waals surface area contributed by atoms with Crippen LogP contribution in [0.3, 0.4) is 0 Å². The summed E-state index contributed by atoms with van der Waals surface area (Å²) in [6.07, 6.45) is 1.53. The first-order chi connectivity index (χ1) is 8.07. The summed E-state index contributed by atoms with van der Waals surface area (Å²) < 4.78 is 1.09. The Labute approximate surface area is 115 Å². The number of aromatic nitrogens is 1. The summed E-state index contributed by atoms with van der Waals surface area (Å²) in [5.74, 6) is -0.117. The molecule has 4 nitrogen and oxygen atoms in total. The summed E-state index contributed by atoms with van der Waals surface area (Å²) in [5, 5.41) is 3.43. The molecule has 1 aromatic heterocycles. The van der Waals surface area contributed by atoms with Gasteiger partial charge in [0.25, 0.3) is 0 Å². The Kier molecular flexibility index (Phi) is 3.31. The van der Waals surface area contributed by atoms with Crippen LogP contribution < -0.4 is 11.1 Å². The molecule has 1 aromatic carbocycles. The van der Waals surface area contributed by atoms with Crippen LogP contribution in [0.5, 0.6) is 0 Å². The first kappa shape index (κ1) is 13.3. The van der Waals surface area contributed by atoms with Gasteiger partial charge in [0.2, 0.25) is 5.91 Å². The molecule has 2 aromatic rings. The standard InChI is InChI=1S/C12H13N3OS.ClH/c1-7-2-3-8-9(6-7)17-11(14-8)15-10(16)12(13)4-5-12;/h2-3,6H,4-5,13H2,1H3,(H,14,15,16);1H. The lowest BCUT2D eigenvalue weighted by atomic mass is 10.2. The second-order valence-corrected chi connectivity index (χ2v) is 5.63. The molecule has 6 heteroatoms. The van der Waals surface area contributed by atoms with Gasteiger partial charge in [-0.25, -0.2) is 4.98 Å². The van der Waals surface area contributed by atoms with Gasteiger partial charge in [0.15, 0.2) is 5.13 Å². The number of benzene rings is 1. The van der Waals surface area contributed by atoms with E-state index in [0.717, 1.165) is 23.1 Å². The summed E-state index contributed by atoms with van der Waals surface area (Å²) >= 11 is 1.49. The molecule has 3 rings (SSSR count). The van der Waals surface area contributed by atoms with E-state index in [2.05, 4.69) is 16.4 Å². The third-order valence-corrected chi connectivity index (χ3v) is 3.94. The van der Waals surface area contributed by atoms with E-state index >= 15 is 0 Å². The molecule has 0 unspecified atom stereocenters. The Morgan fingerprint density at radius 3 is 2.89 bits per heavy atom. The summed E-state index contributed by atoms with van der Waals surface area (Å²) in [5.41, 5.74) is 7.28. The second kappa shape index (κ2) is 4.50. The lowest BCUT2D eigenvalue weighted by Gasteiger charge is -2.06. The van der Waals surface area contributed by atoms with Crippen molar-refractivity contribution in [3.05, 3.63) is 23.8 Å². The summed E-state index contributed by atoms with van der Waals surface area (Å²) in [4.78, 5) is 16.1. The van der Waals surface area contributed by atoms with Gasteiger partial charge in [-0.05, 0) is 37.5 Å². The van der Waals surface area contributed by atoms with E-state index in [4.69, 9.17) is 5.73 Å². The number of nitrogens with two attached hydrogens (primary N) is 1. The Morgan fingerprint density at radius 1 is 1.50 bits per heavy atom. The van der Waals surface area contributed by atoms with Gasteiger partial charge in [-0.15, -0.1) is 12.4 Å². The van der Waals surface area contributed by atoms with Gasteiger partial charge in [-0.2, -0.15) is 0 Å². The third kappa shape index (κ3) is 2.34. The quantitative estimate of drug-likeness (QED) is 0.889. The lowest BCUT2D eigenvalue weighted by molar-refractivity contribution is -0.118. The largest absolute Gasteiger partial charge is 0.317 e. The van der Waals surface area contributed by atoms with Crippen LogP contribution in [-0.4, -0.2) is 16.4 Å². The number of amides is 1. The van der Waals surface area contributed by atoms with Gasteiger partial charge in [0.05, 0.1) is 15.8 Å². The van der Waals surface area contributed by atoms with E-state index in [1.165, 1.54) is 16.9 Å². The fourth-order valence-corrected chi connectivity index (χ4v) is 2.63. The number of hydrogen-bond acceptors (Lipinski definition) is 4. The number of halogens is 1. The predicted molar refractivity (Wildman–Crippen MR) is 76.4 cm³/mol. The molecule has 0 aliphatic heterocycles. The minimum atomic E-state index is -0.645. The van der Waals surface area contributed by atoms with Crippen molar-refractivity contribution < 1.29 is 4.79 Å². The highest BCUT2D eigenvalue weighted by molar-refractivity contribution is 7.22. The average Bonchev–Trinajstić information content (AvgIpc) is 2.90. The van der Waals surface area contributed by atoms with E-state index in [-0.39, 0.29) is 18.3 Å². The number of nitrogens with one attached hydrogen (secondary N) is 1. The number of carbonyl (C=O) groups excluding carboxylic acids is 1. The monoisotopic (exact) mass is 283 g/mol. The molecule has 1 fully saturated rings. The van der Waals surface area contributed by atoms with Crippen molar-refractivity contribution in [2.45, 2.75) is 25.3 Å². The van der Waals surface area contributed by atoms with Crippen molar-refractivity contribution in [1.29, 1.82) is 0 Å². The van der Waals surface area contributed by atoms with Crippen LogP contribution in [0.15, 0.2) is 18.2 Å². The SMILES string of the molecule is Cc1ccc2nc(NC(=O)C3(N)CC3)sc2c1.Cl. The molecule has 1 amide bonds. The Bertz CT molecular complexity index is 606. The van der Waals surface area contributed by atoms with Crippen LogP contribution in [0, 0.1) is 6.92 Å². The number of carbonyl (C=O) groups is 1. The number of anilines is 1. The van der Waals surface area contributed by atoms with Crippen LogP contribution in [0.25, 0.3) is 10.2 Å². The van der Waals surface area contributed by atoms with Gasteiger partial charge in [0.1, 0.15) is 0 Å². The molecule has 1 aliphatic rings. The maximum atomic E-state index is 11.8. The highest BCUT2D eigenvalue weighted by atomic mass is 35.5. The van der Waals surface area contributed by atoms with E-state index < -0.39 is 5.54 Å². The van der Waals surface area contributed by atoms with Gasteiger partial charge in [-0.3, -0.25) is 4.79 Å². The van der Waals surface area contributed by atoms with Gasteiger partial charge < -0.3 is 11.1 Å². The number of fused-ring (bicyclic) bond motifs is 1. The van der Waals surface area contributed by atoms with Gasteiger partial charge in [0, 0.05) is 0 Å². The second-order valence-electron chi connectivity index (χ2n) is 4.60. The maximum Gasteiger partial charge on any atom is 0.246 e. The molecule has 18 heavy (non-hydrogen) atoms. The smallest absolute Gasteiger partial charge is 0.246 e. The highest BCUT2D eigenvalue weighted by Gasteiger charge is 2.46. The normalized spacial score (nSPS) is 16.1. The number of hydrogen-bond donors (Lipinski definition) is 2. The number of rotatable bonds is 2. The van der Waals surface area contributed by atoms with Crippen LogP contribution in [0.1, 0.15) is 18.4 Å². The summed E-state index contributed by atoms with van der Waals surface area (Å²) in [6.45, 7) is 2.04. The first-order valence-electron chi connectivity index (χ1n) is 5.54. The van der Waals surface area contributed by atoms with Crippen LogP contribution >= 0.6 is 23.7 Å². The van der Waals surface area contributed by atoms with Crippen molar-refractivity contribution in [1.82, 2.24) is 4.98 Å². The average molecular weight is 284 g/mol. The molecule has 1 heterocycles. The van der Waals surface area contributed by atoms with Crippen molar-refractivity contribution in [2.24, 2.45) is 5.73 Å². The van der Waals surface area contributed by atoms with Crippen molar-refractivity contribution >= 4 is 45.0 Å². The van der Waals surface area contributed by atoms with E-state index in [1.54, 1.807) is 0 Å². The fraction of sp³-hybridized carbons (Fsp3) is 0.333. The van der Waals surface area contributed by atoms with Crippen molar-refractivity contribution in [3.8, 4) is 0 Å². The Balaban J connectivity index is 0.00000120. The summed E-state index contributed by atoms with van der Waals surface area (Å²) in [7, 11) is 0. The minimum absolute atomic E-state index is 0. The fourth-order valence-electron chi connectivity index (χ4n) is 1.67. The highest BCUT2D eigenvalue weighted by Crippen LogP contribution is 2.34. The molecule has 0 atom stereocenters. The third-order valence-electron chi connectivity index (χ3n) is 3.01. The van der Waals surface area contributed by atoms with E-state index in [0.29, 0.717) is 5.13 Å². The van der Waals surface area contributed by atoms with Crippen LogP contribution in [0.2, 0.25) is 0 Å². The molecule has 0 spiro atoms. The van der Waals surface area contributed by atoms with Gasteiger partial charge in [-0.1, -0.05) is 17.4 Å². The maximum absolute atomic E-state index is 11.8. The zero-order chi connectivity index (χ0) is 12.0. The Morgan fingerprint density at radius 2 is 2.22 bits per heavy atom. The molecular weight excluding hydrogens is 270 g/mol. The summed E-state index contributed by atoms with van der Waals surface area (Å²) in [6, 6.07) is 6.04. The number of thiazole rings is 1. The first-order valence-corrected chi connectivity index (χ1v) is 6.36. The number of aryl methyl sites for hydroxylation is 1. The molecule has 1 aliphatic carbocycles. The molecule has 3 N–H and O–H groups in total. The van der Waals surface area contributed by atoms with Crippen molar-refractivity contribution in [3.63, 3.8) is 0 Å². The minimum Gasteiger partial charge on any atom is -0.317 e. The van der Waals surface area contributed by atoms with E-state index in [9.17, 15) is 4.79 Å². The molecule has 1 saturated carbocycles. The molecule has 96 valence electrons. The number of nitrogens with zero attached hydrogens (tertiary/aromatic N) is 1. The lowest BCUT2D eigenvalue weighted by Crippen LogP contribution is -2.37. The molecular formula is C12H14ClN3OS. The zero-order valence-corrected chi connectivity index (χ0v) is 11.5. The predicted octanol–water partition coefficient (Wildman–Crippen LogP) is 2.46. The van der Waals surface area contributed by atoms with Crippen LogP contribution in [0.4, 0.5) is 5.13 Å². The zero-order valence-electron chi connectivity index (χ0n) is 9.90. The van der Waals surface area contributed by atoms with E-state index in [1.807, 2.05) is 19.1 Å². The molecule has 0 saturated heterocycles. The Hall–Kier alpha value is -1.17. The molecule has 0 radical (unpaired) electrons. The topological polar surface area (TPSA) is 68.0 Å². The van der Waals surface area contributed by atoms with Crippen LogP contribution in [-0.2, 0) is 4.79 Å². The van der Waals surface area contributed by atoms with Crippen molar-refractivity contribution in [2.75, 3.05) is 5.32 Å². The molecule has 0 bridgehead atoms. The van der Waals surface area contributed by atoms with Gasteiger partial charge >= 0.3 is 0 Å².